The normalized spacial score (nSPS) is 17.9. The lowest BCUT2D eigenvalue weighted by atomic mass is 9.82. The number of nitrogens with two attached hydrogens (primary N) is 1. The van der Waals surface area contributed by atoms with Crippen LogP contribution < -0.4 is 20.5 Å². The first-order valence-corrected chi connectivity index (χ1v) is 11.9. The van der Waals surface area contributed by atoms with Crippen LogP contribution in [0.3, 0.4) is 0 Å². The van der Waals surface area contributed by atoms with Crippen molar-refractivity contribution in [3.8, 4) is 22.8 Å². The van der Waals surface area contributed by atoms with Crippen LogP contribution in [0.4, 0.5) is 4.39 Å². The number of benzene rings is 2. The van der Waals surface area contributed by atoms with E-state index in [0.29, 0.717) is 34.0 Å². The number of H-pyrrole nitrogens is 1. The zero-order valence-electron chi connectivity index (χ0n) is 21.1. The summed E-state index contributed by atoms with van der Waals surface area (Å²) in [4.78, 5) is 33.0. The van der Waals surface area contributed by atoms with Crippen LogP contribution in [-0.2, 0) is 15.8 Å². The van der Waals surface area contributed by atoms with Crippen molar-refractivity contribution in [2.24, 2.45) is 5.73 Å². The number of methoxy groups -OCH3 is 1. The van der Waals surface area contributed by atoms with Gasteiger partial charge in [0.2, 0.25) is 5.91 Å². The summed E-state index contributed by atoms with van der Waals surface area (Å²) >= 11 is 0. The monoisotopic (exact) mass is 518 g/mol. The van der Waals surface area contributed by atoms with Crippen LogP contribution in [0.5, 0.6) is 11.5 Å². The average Bonchev–Trinajstić information content (AvgIpc) is 3.49. The van der Waals surface area contributed by atoms with Crippen LogP contribution in [0, 0.1) is 5.82 Å². The van der Waals surface area contributed by atoms with Gasteiger partial charge in [-0.2, -0.15) is 0 Å². The quantitative estimate of drug-likeness (QED) is 0.296. The van der Waals surface area contributed by atoms with Gasteiger partial charge in [0, 0.05) is 22.0 Å². The molecule has 10 heteroatoms. The highest BCUT2D eigenvalue weighted by Gasteiger charge is 2.45. The van der Waals surface area contributed by atoms with E-state index in [1.54, 1.807) is 32.2 Å². The summed E-state index contributed by atoms with van der Waals surface area (Å²) in [7, 11) is 1.55. The fourth-order valence-corrected chi connectivity index (χ4v) is 4.53. The third-order valence-corrected chi connectivity index (χ3v) is 6.97. The predicted octanol–water partition coefficient (Wildman–Crippen LogP) is 3.15. The Morgan fingerprint density at radius 2 is 2.00 bits per heavy atom. The van der Waals surface area contributed by atoms with E-state index in [-0.39, 0.29) is 18.8 Å². The number of halogens is 1. The molecule has 1 aliphatic rings. The number of nitrogens with one attached hydrogen (secondary N) is 2. The number of aromatic nitrogens is 2. The predicted molar refractivity (Wildman–Crippen MR) is 138 cm³/mol. The maximum Gasteiger partial charge on any atom is 0.267 e. The van der Waals surface area contributed by atoms with Gasteiger partial charge in [0.1, 0.15) is 46.3 Å². The maximum atomic E-state index is 13.6. The van der Waals surface area contributed by atoms with Gasteiger partial charge in [-0.05, 0) is 62.4 Å². The molecule has 5 rings (SSSR count). The van der Waals surface area contributed by atoms with E-state index < -0.39 is 28.6 Å². The zero-order valence-corrected chi connectivity index (χ0v) is 21.1. The Morgan fingerprint density at radius 1 is 1.26 bits per heavy atom. The van der Waals surface area contributed by atoms with Gasteiger partial charge in [0.25, 0.3) is 5.91 Å². The standard InChI is InChI=1S/C28H27FN4O5/c1-27(26(30)35)14-38-24-18(27)12-22(33-23(24)15-7-9-16(29)10-8-15)28(2,36)13-31-25(34)20-11-17-19(32-20)5-4-6-21(17)37-3/h4-12,32,36H,13-14H2,1-3H3,(H2,30,35)(H,31,34)/t27-,28-/m0/s1. The van der Waals surface area contributed by atoms with E-state index in [0.717, 1.165) is 10.9 Å². The molecular formula is C28H27FN4O5. The molecule has 0 unspecified atom stereocenters. The van der Waals surface area contributed by atoms with Gasteiger partial charge in [0.15, 0.2) is 0 Å². The lowest BCUT2D eigenvalue weighted by Gasteiger charge is -2.26. The van der Waals surface area contributed by atoms with Crippen LogP contribution in [-0.4, -0.2) is 47.2 Å². The molecule has 38 heavy (non-hydrogen) atoms. The molecule has 0 saturated carbocycles. The highest BCUT2D eigenvalue weighted by atomic mass is 19.1. The van der Waals surface area contributed by atoms with Crippen LogP contribution in [0.2, 0.25) is 0 Å². The largest absolute Gasteiger partial charge is 0.496 e. The SMILES string of the molecule is COc1cccc2[nH]c(C(=O)NC[C@](C)(O)c3cc4c(c(-c5ccc(F)cc5)n3)OC[C@]4(C)C(N)=O)cc12. The summed E-state index contributed by atoms with van der Waals surface area (Å²) in [5.41, 5.74) is 5.44. The Hall–Kier alpha value is -4.44. The molecule has 2 amide bonds. The molecule has 0 saturated heterocycles. The number of rotatable bonds is 7. The number of pyridine rings is 1. The molecule has 4 aromatic rings. The molecule has 2 aromatic heterocycles. The van der Waals surface area contributed by atoms with Crippen molar-refractivity contribution < 1.29 is 28.6 Å². The number of amides is 2. The first kappa shape index (κ1) is 25.2. The molecule has 1 aliphatic heterocycles. The molecular weight excluding hydrogens is 491 g/mol. The first-order chi connectivity index (χ1) is 18.0. The van der Waals surface area contributed by atoms with E-state index in [4.69, 9.17) is 15.2 Å². The van der Waals surface area contributed by atoms with E-state index >= 15 is 0 Å². The molecule has 2 aromatic carbocycles. The van der Waals surface area contributed by atoms with Gasteiger partial charge in [-0.3, -0.25) is 9.59 Å². The fourth-order valence-electron chi connectivity index (χ4n) is 4.53. The van der Waals surface area contributed by atoms with Crippen molar-refractivity contribution in [3.05, 3.63) is 77.4 Å². The molecule has 0 fully saturated rings. The van der Waals surface area contributed by atoms with E-state index in [1.807, 2.05) is 12.1 Å². The summed E-state index contributed by atoms with van der Waals surface area (Å²) in [5, 5.41) is 14.9. The summed E-state index contributed by atoms with van der Waals surface area (Å²) in [6, 6.07) is 14.3. The zero-order chi connectivity index (χ0) is 27.2. The molecule has 0 radical (unpaired) electrons. The fraction of sp³-hybridized carbons (Fsp3) is 0.250. The number of nitrogens with zero attached hydrogens (tertiary/aromatic N) is 1. The number of carbonyl (C=O) groups is 2. The maximum absolute atomic E-state index is 13.6. The number of fused-ring (bicyclic) bond motifs is 2. The molecule has 2 atom stereocenters. The molecule has 0 spiro atoms. The molecule has 196 valence electrons. The number of hydrogen-bond acceptors (Lipinski definition) is 6. The summed E-state index contributed by atoms with van der Waals surface area (Å²) in [5.74, 6) is -0.489. The summed E-state index contributed by atoms with van der Waals surface area (Å²) < 4.78 is 24.8. The molecule has 0 bridgehead atoms. The Bertz CT molecular complexity index is 1560. The minimum atomic E-state index is -1.65. The minimum Gasteiger partial charge on any atom is -0.496 e. The van der Waals surface area contributed by atoms with Gasteiger partial charge in [-0.1, -0.05) is 6.07 Å². The van der Waals surface area contributed by atoms with E-state index in [9.17, 15) is 19.1 Å². The number of carbonyl (C=O) groups excluding carboxylic acids is 2. The van der Waals surface area contributed by atoms with Crippen molar-refractivity contribution in [2.45, 2.75) is 24.9 Å². The average molecular weight is 519 g/mol. The summed E-state index contributed by atoms with van der Waals surface area (Å²) in [6.45, 7) is 2.96. The van der Waals surface area contributed by atoms with E-state index in [2.05, 4.69) is 15.3 Å². The van der Waals surface area contributed by atoms with Crippen molar-refractivity contribution in [1.29, 1.82) is 0 Å². The van der Waals surface area contributed by atoms with Crippen LogP contribution in [0.25, 0.3) is 22.2 Å². The third kappa shape index (κ3) is 4.22. The Morgan fingerprint density at radius 3 is 2.68 bits per heavy atom. The van der Waals surface area contributed by atoms with Gasteiger partial charge in [-0.25, -0.2) is 9.37 Å². The van der Waals surface area contributed by atoms with Crippen molar-refractivity contribution in [2.75, 3.05) is 20.3 Å². The smallest absolute Gasteiger partial charge is 0.267 e. The number of aliphatic hydroxyl groups is 1. The van der Waals surface area contributed by atoms with Crippen LogP contribution in [0.15, 0.2) is 54.6 Å². The number of ether oxygens (including phenoxy) is 2. The minimum absolute atomic E-state index is 0.000278. The van der Waals surface area contributed by atoms with Crippen LogP contribution in [0.1, 0.15) is 35.6 Å². The van der Waals surface area contributed by atoms with E-state index in [1.165, 1.54) is 31.2 Å². The van der Waals surface area contributed by atoms with Crippen LogP contribution >= 0.6 is 0 Å². The Balaban J connectivity index is 1.48. The van der Waals surface area contributed by atoms with Crippen molar-refractivity contribution in [1.82, 2.24) is 15.3 Å². The highest BCUT2D eigenvalue weighted by molar-refractivity contribution is 5.99. The van der Waals surface area contributed by atoms with Gasteiger partial charge < -0.3 is 30.6 Å². The van der Waals surface area contributed by atoms with Gasteiger partial charge >= 0.3 is 0 Å². The van der Waals surface area contributed by atoms with Crippen molar-refractivity contribution in [3.63, 3.8) is 0 Å². The third-order valence-electron chi connectivity index (χ3n) is 6.97. The van der Waals surface area contributed by atoms with Gasteiger partial charge in [0.05, 0.1) is 19.3 Å². The molecule has 3 heterocycles. The second-order valence-electron chi connectivity index (χ2n) is 9.79. The Kier molecular flexibility index (Phi) is 6.07. The summed E-state index contributed by atoms with van der Waals surface area (Å²) in [6.07, 6.45) is 0. The number of aromatic amines is 1. The molecule has 0 aliphatic carbocycles. The van der Waals surface area contributed by atoms with Crippen molar-refractivity contribution >= 4 is 22.7 Å². The first-order valence-electron chi connectivity index (χ1n) is 11.9. The number of hydrogen-bond donors (Lipinski definition) is 4. The second kappa shape index (κ2) is 9.14. The molecule has 5 N–H and O–H groups in total. The topological polar surface area (TPSA) is 140 Å². The highest BCUT2D eigenvalue weighted by Crippen LogP contribution is 2.45. The molecule has 9 nitrogen and oxygen atoms in total. The van der Waals surface area contributed by atoms with Gasteiger partial charge in [-0.15, -0.1) is 0 Å². The lowest BCUT2D eigenvalue weighted by Crippen LogP contribution is -2.41. The lowest BCUT2D eigenvalue weighted by molar-refractivity contribution is -0.123. The second-order valence-corrected chi connectivity index (χ2v) is 9.79. The number of primary amides is 1. The Labute approximate surface area is 217 Å².